The molecule has 0 saturated heterocycles. The molecule has 2 aromatic carbocycles. The third-order valence-corrected chi connectivity index (χ3v) is 6.36. The van der Waals surface area contributed by atoms with E-state index in [1.165, 1.54) is 31.4 Å². The fourth-order valence-corrected chi connectivity index (χ4v) is 4.40. The van der Waals surface area contributed by atoms with Gasteiger partial charge in [-0.25, -0.2) is 14.1 Å². The molecule has 194 valence electrons. The number of tetrazole rings is 1. The molecule has 10 nitrogen and oxygen atoms in total. The largest absolute Gasteiger partial charge is 0.496 e. The van der Waals surface area contributed by atoms with Crippen LogP contribution in [0.25, 0.3) is 11.5 Å². The lowest BCUT2D eigenvalue weighted by Gasteiger charge is -2.30. The van der Waals surface area contributed by atoms with Crippen molar-refractivity contribution in [2.45, 2.75) is 32.9 Å². The van der Waals surface area contributed by atoms with Crippen LogP contribution in [-0.2, 0) is 13.0 Å². The first-order valence-corrected chi connectivity index (χ1v) is 12.2. The zero-order valence-corrected chi connectivity index (χ0v) is 21.2. The molecule has 0 unspecified atom stereocenters. The van der Waals surface area contributed by atoms with Gasteiger partial charge in [0.15, 0.2) is 0 Å². The lowest BCUT2D eigenvalue weighted by Crippen LogP contribution is -2.36. The maximum Gasteiger partial charge on any atom is 0.260 e. The number of carbonyl (C=O) groups is 2. The second kappa shape index (κ2) is 10.4. The van der Waals surface area contributed by atoms with Crippen LogP contribution >= 0.6 is 0 Å². The highest BCUT2D eigenvalue weighted by Crippen LogP contribution is 2.29. The molecule has 2 amide bonds. The Kier molecular flexibility index (Phi) is 6.82. The van der Waals surface area contributed by atoms with Crippen LogP contribution in [0, 0.1) is 5.82 Å². The number of ether oxygens (including phenoxy) is 1. The standard InChI is InChI=1S/C27H26FN7O3/c1-16(2)35-25(31-32-33-35)22-5-4-6-24(29-22)30-26(36)21-13-19-15-34(12-11-18(19)14-23(21)38-3)27(37)17-7-9-20(28)10-8-17/h4-10,13-14,16H,11-12,15H2,1-3H3,(H,29,30,36). The molecule has 1 aliphatic heterocycles. The Balaban J connectivity index is 1.38. The van der Waals surface area contributed by atoms with E-state index < -0.39 is 11.7 Å². The number of benzene rings is 2. The van der Waals surface area contributed by atoms with Crippen molar-refractivity contribution in [2.24, 2.45) is 0 Å². The number of carbonyl (C=O) groups excluding carboxylic acids is 2. The fourth-order valence-electron chi connectivity index (χ4n) is 4.40. The van der Waals surface area contributed by atoms with Crippen LogP contribution in [0.3, 0.4) is 0 Å². The van der Waals surface area contributed by atoms with Gasteiger partial charge in [0.05, 0.1) is 18.7 Å². The third kappa shape index (κ3) is 4.95. The number of fused-ring (bicyclic) bond motifs is 1. The third-order valence-electron chi connectivity index (χ3n) is 6.36. The summed E-state index contributed by atoms with van der Waals surface area (Å²) in [6.45, 7) is 4.75. The minimum absolute atomic E-state index is 0.0364. The second-order valence-corrected chi connectivity index (χ2v) is 9.21. The maximum atomic E-state index is 13.3. The van der Waals surface area contributed by atoms with E-state index in [9.17, 15) is 14.0 Å². The van der Waals surface area contributed by atoms with Crippen LogP contribution in [0.2, 0.25) is 0 Å². The molecule has 0 aliphatic carbocycles. The summed E-state index contributed by atoms with van der Waals surface area (Å²) in [5.74, 6) is 0.264. The first-order valence-electron chi connectivity index (χ1n) is 12.2. The van der Waals surface area contributed by atoms with Gasteiger partial charge in [-0.3, -0.25) is 9.59 Å². The van der Waals surface area contributed by atoms with Crippen molar-refractivity contribution in [1.82, 2.24) is 30.1 Å². The molecule has 0 spiro atoms. The summed E-state index contributed by atoms with van der Waals surface area (Å²) in [7, 11) is 1.51. The van der Waals surface area contributed by atoms with E-state index in [-0.39, 0.29) is 11.9 Å². The fraction of sp³-hybridized carbons (Fsp3) is 0.259. The number of pyridine rings is 1. The molecule has 0 fully saturated rings. The minimum Gasteiger partial charge on any atom is -0.496 e. The summed E-state index contributed by atoms with van der Waals surface area (Å²) in [5, 5.41) is 14.6. The number of rotatable bonds is 6. The predicted molar refractivity (Wildman–Crippen MR) is 137 cm³/mol. The number of hydrogen-bond acceptors (Lipinski definition) is 7. The molecule has 1 aliphatic rings. The van der Waals surface area contributed by atoms with Crippen LogP contribution in [0.1, 0.15) is 51.7 Å². The van der Waals surface area contributed by atoms with Crippen LogP contribution in [0.4, 0.5) is 10.2 Å². The Labute approximate surface area is 218 Å². The summed E-state index contributed by atoms with van der Waals surface area (Å²) < 4.78 is 20.5. The molecule has 4 aromatic rings. The van der Waals surface area contributed by atoms with E-state index in [1.54, 1.807) is 33.8 Å². The Bertz CT molecular complexity index is 1500. The van der Waals surface area contributed by atoms with Gasteiger partial charge in [-0.15, -0.1) is 5.10 Å². The first-order chi connectivity index (χ1) is 18.3. The van der Waals surface area contributed by atoms with E-state index in [4.69, 9.17) is 4.74 Å². The Morgan fingerprint density at radius 2 is 1.87 bits per heavy atom. The molecule has 0 atom stereocenters. The van der Waals surface area contributed by atoms with Crippen LogP contribution in [0.5, 0.6) is 5.75 Å². The van der Waals surface area contributed by atoms with Gasteiger partial charge in [-0.05, 0) is 90.4 Å². The van der Waals surface area contributed by atoms with E-state index in [1.807, 2.05) is 19.9 Å². The maximum absolute atomic E-state index is 13.3. The Hall–Kier alpha value is -4.67. The average molecular weight is 516 g/mol. The molecule has 38 heavy (non-hydrogen) atoms. The zero-order valence-electron chi connectivity index (χ0n) is 21.2. The predicted octanol–water partition coefficient (Wildman–Crippen LogP) is 3.91. The Morgan fingerprint density at radius 1 is 1.08 bits per heavy atom. The normalized spacial score (nSPS) is 12.8. The second-order valence-electron chi connectivity index (χ2n) is 9.21. The van der Waals surface area contributed by atoms with Gasteiger partial charge in [0.25, 0.3) is 11.8 Å². The highest BCUT2D eigenvalue weighted by atomic mass is 19.1. The summed E-state index contributed by atoms with van der Waals surface area (Å²) in [4.78, 5) is 32.5. The van der Waals surface area contributed by atoms with E-state index in [0.29, 0.717) is 53.7 Å². The van der Waals surface area contributed by atoms with E-state index in [0.717, 1.165) is 11.1 Å². The highest BCUT2D eigenvalue weighted by molar-refractivity contribution is 6.06. The smallest absolute Gasteiger partial charge is 0.260 e. The lowest BCUT2D eigenvalue weighted by molar-refractivity contribution is 0.0734. The monoisotopic (exact) mass is 515 g/mol. The quantitative estimate of drug-likeness (QED) is 0.414. The molecular formula is C27H26FN7O3. The molecule has 5 rings (SSSR count). The van der Waals surface area contributed by atoms with Crippen LogP contribution in [-0.4, -0.2) is 55.6 Å². The number of halogens is 1. The number of hydrogen-bond donors (Lipinski definition) is 1. The number of amides is 2. The molecule has 0 bridgehead atoms. The molecule has 2 aromatic heterocycles. The Morgan fingerprint density at radius 3 is 2.61 bits per heavy atom. The number of anilines is 1. The van der Waals surface area contributed by atoms with Crippen LogP contribution < -0.4 is 10.1 Å². The van der Waals surface area contributed by atoms with Gasteiger partial charge in [0.1, 0.15) is 23.1 Å². The van der Waals surface area contributed by atoms with Gasteiger partial charge in [0.2, 0.25) is 5.82 Å². The minimum atomic E-state index is -0.403. The summed E-state index contributed by atoms with van der Waals surface area (Å²) in [5.41, 5.74) is 3.10. The lowest BCUT2D eigenvalue weighted by atomic mass is 9.95. The first kappa shape index (κ1) is 25.0. The molecule has 11 heteroatoms. The van der Waals surface area contributed by atoms with Crippen molar-refractivity contribution < 1.29 is 18.7 Å². The highest BCUT2D eigenvalue weighted by Gasteiger charge is 2.25. The molecule has 3 heterocycles. The summed E-state index contributed by atoms with van der Waals surface area (Å²) in [6, 6.07) is 14.3. The summed E-state index contributed by atoms with van der Waals surface area (Å²) >= 11 is 0. The van der Waals surface area contributed by atoms with E-state index in [2.05, 4.69) is 25.8 Å². The van der Waals surface area contributed by atoms with Gasteiger partial charge < -0.3 is 15.0 Å². The number of nitrogens with zero attached hydrogens (tertiary/aromatic N) is 6. The van der Waals surface area contributed by atoms with Crippen molar-refractivity contribution >= 4 is 17.6 Å². The molecule has 1 N–H and O–H groups in total. The zero-order chi connectivity index (χ0) is 26.8. The average Bonchev–Trinajstić information content (AvgIpc) is 3.43. The summed E-state index contributed by atoms with van der Waals surface area (Å²) in [6.07, 6.45) is 0.606. The number of nitrogens with one attached hydrogen (secondary N) is 1. The number of aromatic nitrogens is 5. The van der Waals surface area contributed by atoms with Crippen molar-refractivity contribution in [3.8, 4) is 17.3 Å². The molecular weight excluding hydrogens is 489 g/mol. The van der Waals surface area contributed by atoms with Crippen molar-refractivity contribution in [3.05, 3.63) is 82.7 Å². The van der Waals surface area contributed by atoms with E-state index >= 15 is 0 Å². The number of methoxy groups -OCH3 is 1. The van der Waals surface area contributed by atoms with Gasteiger partial charge in [0, 0.05) is 18.7 Å². The topological polar surface area (TPSA) is 115 Å². The molecule has 0 saturated carbocycles. The van der Waals surface area contributed by atoms with Crippen molar-refractivity contribution in [2.75, 3.05) is 19.0 Å². The van der Waals surface area contributed by atoms with Crippen molar-refractivity contribution in [3.63, 3.8) is 0 Å². The molecule has 0 radical (unpaired) electrons. The van der Waals surface area contributed by atoms with Gasteiger partial charge >= 0.3 is 0 Å². The van der Waals surface area contributed by atoms with Crippen LogP contribution in [0.15, 0.2) is 54.6 Å². The van der Waals surface area contributed by atoms with Crippen molar-refractivity contribution in [1.29, 1.82) is 0 Å². The SMILES string of the molecule is COc1cc2c(cc1C(=O)Nc1cccc(-c3nnnn3C(C)C)n1)CN(C(=O)c1ccc(F)cc1)CC2. The van der Waals surface area contributed by atoms with Gasteiger partial charge in [-0.2, -0.15) is 0 Å². The van der Waals surface area contributed by atoms with Gasteiger partial charge in [-0.1, -0.05) is 6.07 Å².